The Balaban J connectivity index is 1.22. The van der Waals surface area contributed by atoms with Gasteiger partial charge in [0.15, 0.2) is 5.82 Å². The van der Waals surface area contributed by atoms with Gasteiger partial charge in [0.2, 0.25) is 0 Å². The van der Waals surface area contributed by atoms with Gasteiger partial charge in [-0.2, -0.15) is 0 Å². The third-order valence-electron chi connectivity index (χ3n) is 10.4. The quantitative estimate of drug-likeness (QED) is 0.185. The third kappa shape index (κ3) is 4.38. The van der Waals surface area contributed by atoms with E-state index < -0.39 is 0 Å². The molecule has 0 aliphatic carbocycles. The van der Waals surface area contributed by atoms with E-state index in [0.29, 0.717) is 5.82 Å². The van der Waals surface area contributed by atoms with E-state index in [4.69, 9.17) is 9.97 Å². The van der Waals surface area contributed by atoms with Crippen LogP contribution in [0.5, 0.6) is 0 Å². The Bertz CT molecular complexity index is 3120. The highest BCUT2D eigenvalue weighted by molar-refractivity contribution is 7.27. The van der Waals surface area contributed by atoms with Crippen molar-refractivity contribution in [2.24, 2.45) is 0 Å². The van der Waals surface area contributed by atoms with E-state index in [9.17, 15) is 0 Å². The second-order valence-electron chi connectivity index (χ2n) is 13.3. The number of thiophene rings is 1. The monoisotopic (exact) mass is 679 g/mol. The summed E-state index contributed by atoms with van der Waals surface area (Å²) in [6, 6.07) is 62.8. The second kappa shape index (κ2) is 11.5. The van der Waals surface area contributed by atoms with Crippen LogP contribution in [0, 0.1) is 0 Å². The van der Waals surface area contributed by atoms with Crippen molar-refractivity contribution in [3.63, 3.8) is 0 Å². The van der Waals surface area contributed by atoms with Gasteiger partial charge in [-0.15, -0.1) is 11.3 Å². The van der Waals surface area contributed by atoms with E-state index in [-0.39, 0.29) is 0 Å². The summed E-state index contributed by atoms with van der Waals surface area (Å²) in [5.74, 6) is 0.712. The normalized spacial score (nSPS) is 11.8. The molecule has 3 nitrogen and oxygen atoms in total. The molecule has 0 fully saturated rings. The number of hydrogen-bond donors (Lipinski definition) is 0. The Kier molecular flexibility index (Phi) is 6.42. The van der Waals surface area contributed by atoms with Crippen LogP contribution < -0.4 is 0 Å². The molecule has 0 aliphatic heterocycles. The minimum Gasteiger partial charge on any atom is -0.309 e. The summed E-state index contributed by atoms with van der Waals surface area (Å²) >= 11 is 1.92. The molecule has 3 aromatic heterocycles. The number of rotatable bonds is 4. The molecule has 8 aromatic carbocycles. The number of nitrogens with zero attached hydrogens (tertiary/aromatic N) is 3. The molecule has 52 heavy (non-hydrogen) atoms. The minimum absolute atomic E-state index is 0.712. The summed E-state index contributed by atoms with van der Waals surface area (Å²) in [4.78, 5) is 10.2. The van der Waals surface area contributed by atoms with Gasteiger partial charge >= 0.3 is 0 Å². The van der Waals surface area contributed by atoms with Gasteiger partial charge in [-0.3, -0.25) is 0 Å². The lowest BCUT2D eigenvalue weighted by Gasteiger charge is -2.13. The van der Waals surface area contributed by atoms with E-state index in [1.165, 1.54) is 63.5 Å². The maximum absolute atomic E-state index is 5.17. The van der Waals surface area contributed by atoms with Gasteiger partial charge in [-0.1, -0.05) is 152 Å². The van der Waals surface area contributed by atoms with Gasteiger partial charge < -0.3 is 4.57 Å². The Labute approximate surface area is 303 Å². The fourth-order valence-corrected chi connectivity index (χ4v) is 9.42. The molecule has 0 atom stereocenters. The molecule has 0 spiro atoms. The van der Waals surface area contributed by atoms with Crippen molar-refractivity contribution in [2.75, 3.05) is 0 Å². The standard InChI is InChI=1S/C48H29N3S/c1-3-15-31(16-4-1)40-29-41(50-48(49-40)32-17-5-2-6-18-32)33-19-13-20-34(28-33)51-42-25-12-11-24-38(42)43-44-39-27-26-30-14-7-8-21-35(30)46(39)52-47(44)37-23-10-9-22-36(37)45(43)51/h1-29H. The fourth-order valence-electron chi connectivity index (χ4n) is 8.04. The maximum atomic E-state index is 5.17. The summed E-state index contributed by atoms with van der Waals surface area (Å²) < 4.78 is 5.16. The van der Waals surface area contributed by atoms with E-state index in [1.807, 2.05) is 35.6 Å². The van der Waals surface area contributed by atoms with Crippen molar-refractivity contribution in [1.29, 1.82) is 0 Å². The summed E-state index contributed by atoms with van der Waals surface area (Å²) in [6.07, 6.45) is 0. The van der Waals surface area contributed by atoms with Crippen LogP contribution in [0.4, 0.5) is 0 Å². The zero-order valence-electron chi connectivity index (χ0n) is 28.0. The van der Waals surface area contributed by atoms with Crippen molar-refractivity contribution in [2.45, 2.75) is 0 Å². The van der Waals surface area contributed by atoms with Crippen molar-refractivity contribution in [1.82, 2.24) is 14.5 Å². The average molecular weight is 680 g/mol. The van der Waals surface area contributed by atoms with Crippen LogP contribution in [0.2, 0.25) is 0 Å². The fraction of sp³-hybridized carbons (Fsp3) is 0. The molecule has 11 aromatic rings. The molecule has 0 saturated carbocycles. The first kappa shape index (κ1) is 29.1. The van der Waals surface area contributed by atoms with Gasteiger partial charge in [0.05, 0.1) is 22.4 Å². The first-order valence-electron chi connectivity index (χ1n) is 17.6. The highest BCUT2D eigenvalue weighted by Crippen LogP contribution is 2.49. The molecule has 3 heterocycles. The van der Waals surface area contributed by atoms with E-state index in [0.717, 1.165) is 33.8 Å². The van der Waals surface area contributed by atoms with Crippen LogP contribution >= 0.6 is 11.3 Å². The summed E-state index contributed by atoms with van der Waals surface area (Å²) in [7, 11) is 0. The van der Waals surface area contributed by atoms with Crippen LogP contribution in [-0.2, 0) is 0 Å². The first-order valence-corrected chi connectivity index (χ1v) is 18.4. The molecule has 242 valence electrons. The molecule has 0 amide bonds. The van der Waals surface area contributed by atoms with Crippen molar-refractivity contribution in [3.05, 3.63) is 176 Å². The van der Waals surface area contributed by atoms with E-state index in [1.54, 1.807) is 0 Å². The maximum Gasteiger partial charge on any atom is 0.160 e. The Morgan fingerprint density at radius 1 is 0.404 bits per heavy atom. The van der Waals surface area contributed by atoms with Crippen LogP contribution in [0.3, 0.4) is 0 Å². The Hall–Kier alpha value is -6.62. The second-order valence-corrected chi connectivity index (χ2v) is 14.4. The van der Waals surface area contributed by atoms with Crippen molar-refractivity contribution < 1.29 is 0 Å². The lowest BCUT2D eigenvalue weighted by molar-refractivity contribution is 1.17. The molecular formula is C48H29N3S. The van der Waals surface area contributed by atoms with Crippen LogP contribution in [0.15, 0.2) is 176 Å². The van der Waals surface area contributed by atoms with E-state index in [2.05, 4.69) is 156 Å². The highest BCUT2D eigenvalue weighted by Gasteiger charge is 2.22. The Morgan fingerprint density at radius 3 is 1.85 bits per heavy atom. The van der Waals surface area contributed by atoms with Crippen molar-refractivity contribution in [3.8, 4) is 39.6 Å². The first-order chi connectivity index (χ1) is 25.8. The van der Waals surface area contributed by atoms with Crippen LogP contribution in [0.1, 0.15) is 0 Å². The SMILES string of the molecule is c1ccc(-c2cc(-c3cccc(-n4c5ccccc5c5c6c7ccc8ccccc8c7sc6c6ccccc6c54)c3)nc(-c3ccccc3)n2)cc1. The zero-order chi connectivity index (χ0) is 34.2. The van der Waals surface area contributed by atoms with Crippen LogP contribution in [0.25, 0.3) is 103 Å². The summed E-state index contributed by atoms with van der Waals surface area (Å²) in [6.45, 7) is 0. The van der Waals surface area contributed by atoms with E-state index >= 15 is 0 Å². The summed E-state index contributed by atoms with van der Waals surface area (Å²) in [5, 5.41) is 10.3. The number of benzene rings is 8. The summed E-state index contributed by atoms with van der Waals surface area (Å²) in [5.41, 5.74) is 8.39. The molecule has 0 unspecified atom stereocenters. The zero-order valence-corrected chi connectivity index (χ0v) is 28.8. The number of fused-ring (bicyclic) bond motifs is 12. The lowest BCUT2D eigenvalue weighted by Crippen LogP contribution is -1.98. The van der Waals surface area contributed by atoms with Gasteiger partial charge in [0.1, 0.15) is 0 Å². The minimum atomic E-state index is 0.712. The lowest BCUT2D eigenvalue weighted by atomic mass is 9.98. The van der Waals surface area contributed by atoms with Gasteiger partial charge in [0, 0.05) is 64.1 Å². The highest BCUT2D eigenvalue weighted by atomic mass is 32.1. The molecule has 0 N–H and O–H groups in total. The Morgan fingerprint density at radius 2 is 1.04 bits per heavy atom. The van der Waals surface area contributed by atoms with Gasteiger partial charge in [-0.25, -0.2) is 9.97 Å². The molecule has 4 heteroatoms. The molecule has 0 aliphatic rings. The third-order valence-corrected chi connectivity index (χ3v) is 11.6. The molecule has 0 saturated heterocycles. The average Bonchev–Trinajstić information content (AvgIpc) is 3.79. The largest absolute Gasteiger partial charge is 0.309 e. The predicted molar refractivity (Wildman–Crippen MR) is 221 cm³/mol. The smallest absolute Gasteiger partial charge is 0.160 e. The molecule has 0 bridgehead atoms. The number of aromatic nitrogens is 3. The van der Waals surface area contributed by atoms with Gasteiger partial charge in [-0.05, 0) is 35.0 Å². The predicted octanol–water partition coefficient (Wildman–Crippen LogP) is 13.2. The van der Waals surface area contributed by atoms with Gasteiger partial charge in [0.25, 0.3) is 0 Å². The van der Waals surface area contributed by atoms with Crippen molar-refractivity contribution >= 4 is 74.9 Å². The molecule has 0 radical (unpaired) electrons. The molecular weight excluding hydrogens is 651 g/mol. The van der Waals surface area contributed by atoms with Crippen LogP contribution in [-0.4, -0.2) is 14.5 Å². The molecule has 11 rings (SSSR count). The number of hydrogen-bond acceptors (Lipinski definition) is 3. The number of para-hydroxylation sites is 1. The topological polar surface area (TPSA) is 30.7 Å².